The van der Waals surface area contributed by atoms with Crippen LogP contribution in [0.15, 0.2) is 30.3 Å². The highest BCUT2D eigenvalue weighted by Crippen LogP contribution is 2.29. The Morgan fingerprint density at radius 2 is 1.96 bits per heavy atom. The number of carbonyl (C=O) groups is 2. The molecule has 0 spiro atoms. The van der Waals surface area contributed by atoms with E-state index in [1.165, 1.54) is 23.5 Å². The maximum Gasteiger partial charge on any atom is 0.340 e. The van der Waals surface area contributed by atoms with Crippen LogP contribution in [0.3, 0.4) is 0 Å². The van der Waals surface area contributed by atoms with E-state index in [2.05, 4.69) is 0 Å². The molecule has 8 heteroatoms. The minimum atomic E-state index is -0.721. The Balaban J connectivity index is 1.76. The zero-order valence-corrected chi connectivity index (χ0v) is 15.8. The molecule has 0 amide bonds. The third-order valence-corrected chi connectivity index (χ3v) is 5.75. The van der Waals surface area contributed by atoms with Crippen LogP contribution in [-0.4, -0.2) is 36.4 Å². The summed E-state index contributed by atoms with van der Waals surface area (Å²) < 4.78 is 5.19. The third kappa shape index (κ3) is 4.33. The number of nitro benzene ring substituents is 1. The molecule has 0 unspecified atom stereocenters. The Morgan fingerprint density at radius 1 is 1.22 bits per heavy atom. The number of ketones is 1. The van der Waals surface area contributed by atoms with Crippen LogP contribution < -0.4 is 4.90 Å². The third-order valence-electron chi connectivity index (χ3n) is 4.48. The molecule has 27 heavy (non-hydrogen) atoms. The first-order chi connectivity index (χ1) is 13.0. The lowest BCUT2D eigenvalue weighted by atomic mass is 10.1. The molecule has 0 bridgehead atoms. The van der Waals surface area contributed by atoms with Gasteiger partial charge in [-0.3, -0.25) is 14.9 Å². The summed E-state index contributed by atoms with van der Waals surface area (Å²) in [7, 11) is 0. The average molecular weight is 388 g/mol. The summed E-state index contributed by atoms with van der Waals surface area (Å²) in [6, 6.07) is 7.79. The highest BCUT2D eigenvalue weighted by Gasteiger charge is 2.24. The van der Waals surface area contributed by atoms with Gasteiger partial charge in [-0.25, -0.2) is 4.79 Å². The van der Waals surface area contributed by atoms with Crippen molar-refractivity contribution in [2.75, 3.05) is 24.6 Å². The summed E-state index contributed by atoms with van der Waals surface area (Å²) >= 11 is 1.38. The molecule has 2 heterocycles. The van der Waals surface area contributed by atoms with Gasteiger partial charge in [0, 0.05) is 30.1 Å². The smallest absolute Gasteiger partial charge is 0.340 e. The van der Waals surface area contributed by atoms with Gasteiger partial charge in [-0.15, -0.1) is 11.3 Å². The van der Waals surface area contributed by atoms with E-state index in [1.807, 2.05) is 17.9 Å². The molecule has 1 fully saturated rings. The Morgan fingerprint density at radius 3 is 2.59 bits per heavy atom. The molecule has 0 atom stereocenters. The number of ether oxygens (including phenoxy) is 1. The second-order valence-corrected chi connectivity index (χ2v) is 7.44. The van der Waals surface area contributed by atoms with Crippen molar-refractivity contribution >= 4 is 34.5 Å². The van der Waals surface area contributed by atoms with E-state index < -0.39 is 10.9 Å². The fraction of sp³-hybridized carbons (Fsp3) is 0.368. The van der Waals surface area contributed by atoms with Gasteiger partial charge in [-0.05, 0) is 37.5 Å². The van der Waals surface area contributed by atoms with E-state index in [-0.39, 0.29) is 23.6 Å². The monoisotopic (exact) mass is 388 g/mol. The van der Waals surface area contributed by atoms with Crippen molar-refractivity contribution in [2.45, 2.75) is 26.2 Å². The number of esters is 1. The number of aryl methyl sites for hydroxylation is 1. The quantitative estimate of drug-likeness (QED) is 0.310. The molecular formula is C19H20N2O5S. The van der Waals surface area contributed by atoms with Crippen LogP contribution >= 0.6 is 11.3 Å². The first-order valence-corrected chi connectivity index (χ1v) is 9.63. The molecule has 0 saturated carbocycles. The average Bonchev–Trinajstić information content (AvgIpc) is 3.36. The zero-order valence-electron chi connectivity index (χ0n) is 15.0. The van der Waals surface area contributed by atoms with Gasteiger partial charge in [0.15, 0.2) is 6.61 Å². The second-order valence-electron chi connectivity index (χ2n) is 6.27. The summed E-state index contributed by atoms with van der Waals surface area (Å²) in [4.78, 5) is 39.0. The van der Waals surface area contributed by atoms with E-state index in [0.29, 0.717) is 10.6 Å². The van der Waals surface area contributed by atoms with Gasteiger partial charge in [-0.2, -0.15) is 0 Å². The summed E-state index contributed by atoms with van der Waals surface area (Å²) in [5, 5.41) is 11.1. The van der Waals surface area contributed by atoms with Crippen LogP contribution in [0.25, 0.3) is 0 Å². The van der Waals surface area contributed by atoms with Crippen molar-refractivity contribution < 1.29 is 19.2 Å². The summed E-state index contributed by atoms with van der Waals surface area (Å²) in [5.41, 5.74) is 0.557. The van der Waals surface area contributed by atoms with E-state index in [4.69, 9.17) is 4.74 Å². The van der Waals surface area contributed by atoms with Gasteiger partial charge in [0.05, 0.1) is 21.1 Å². The van der Waals surface area contributed by atoms with Crippen LogP contribution in [-0.2, 0) is 11.2 Å². The number of anilines is 1. The van der Waals surface area contributed by atoms with Gasteiger partial charge in [0.25, 0.3) is 5.69 Å². The second kappa shape index (κ2) is 8.30. The number of rotatable bonds is 7. The van der Waals surface area contributed by atoms with E-state index >= 15 is 0 Å². The van der Waals surface area contributed by atoms with Gasteiger partial charge in [-0.1, -0.05) is 6.92 Å². The van der Waals surface area contributed by atoms with Crippen molar-refractivity contribution in [3.8, 4) is 0 Å². The highest BCUT2D eigenvalue weighted by atomic mass is 32.1. The molecule has 142 valence electrons. The lowest BCUT2D eigenvalue weighted by Crippen LogP contribution is -2.22. The first kappa shape index (κ1) is 19.0. The lowest BCUT2D eigenvalue weighted by Gasteiger charge is -2.20. The Bertz CT molecular complexity index is 871. The van der Waals surface area contributed by atoms with E-state index in [1.54, 1.807) is 12.1 Å². The van der Waals surface area contributed by atoms with Crippen molar-refractivity contribution in [1.29, 1.82) is 0 Å². The summed E-state index contributed by atoms with van der Waals surface area (Å²) in [6.45, 7) is 3.19. The maximum absolute atomic E-state index is 12.6. The minimum absolute atomic E-state index is 0.124. The molecule has 2 aromatic rings. The summed E-state index contributed by atoms with van der Waals surface area (Å²) in [5.74, 6) is -0.998. The van der Waals surface area contributed by atoms with Crippen LogP contribution in [0, 0.1) is 10.1 Å². The summed E-state index contributed by atoms with van der Waals surface area (Å²) in [6.07, 6.45) is 2.84. The Labute approximate surface area is 160 Å². The maximum atomic E-state index is 12.6. The molecule has 0 N–H and O–H groups in total. The van der Waals surface area contributed by atoms with E-state index in [9.17, 15) is 19.7 Å². The van der Waals surface area contributed by atoms with Gasteiger partial charge >= 0.3 is 5.97 Å². The van der Waals surface area contributed by atoms with Crippen molar-refractivity contribution in [2.24, 2.45) is 0 Å². The Hall–Kier alpha value is -2.74. The van der Waals surface area contributed by atoms with Crippen molar-refractivity contribution in [3.63, 3.8) is 0 Å². The van der Waals surface area contributed by atoms with Crippen LogP contribution in [0.4, 0.5) is 11.4 Å². The number of carbonyl (C=O) groups excluding carboxylic acids is 2. The van der Waals surface area contributed by atoms with Gasteiger partial charge in [0.2, 0.25) is 5.78 Å². The number of thiophene rings is 1. The minimum Gasteiger partial charge on any atom is -0.454 e. The highest BCUT2D eigenvalue weighted by molar-refractivity contribution is 7.14. The number of nitro groups is 1. The molecule has 1 saturated heterocycles. The number of benzene rings is 1. The molecule has 1 aliphatic rings. The molecule has 7 nitrogen and oxygen atoms in total. The SMILES string of the molecule is CCc1ccc(C(=O)COC(=O)c2cc([N+](=O)[O-])ccc2N2CCCC2)s1. The predicted molar refractivity (Wildman–Crippen MR) is 103 cm³/mol. The van der Waals surface area contributed by atoms with E-state index in [0.717, 1.165) is 37.2 Å². The Kier molecular flexibility index (Phi) is 5.85. The molecule has 1 aromatic heterocycles. The topological polar surface area (TPSA) is 89.8 Å². The van der Waals surface area contributed by atoms with Crippen LogP contribution in [0.5, 0.6) is 0 Å². The lowest BCUT2D eigenvalue weighted by molar-refractivity contribution is -0.384. The number of non-ortho nitro benzene ring substituents is 1. The molecule has 1 aliphatic heterocycles. The fourth-order valence-electron chi connectivity index (χ4n) is 3.03. The molecule has 1 aromatic carbocycles. The molecule has 3 rings (SSSR count). The standard InChI is InChI=1S/C19H20N2O5S/c1-2-14-6-8-18(27-14)17(22)12-26-19(23)15-11-13(21(24)25)5-7-16(15)20-9-3-4-10-20/h5-8,11H,2-4,9-10,12H2,1H3. The van der Waals surface area contributed by atoms with Crippen molar-refractivity contribution in [1.82, 2.24) is 0 Å². The van der Waals surface area contributed by atoms with Gasteiger partial charge in [0.1, 0.15) is 0 Å². The van der Waals surface area contributed by atoms with Crippen LogP contribution in [0.1, 0.15) is 44.7 Å². The first-order valence-electron chi connectivity index (χ1n) is 8.82. The molecule has 0 aliphatic carbocycles. The number of hydrogen-bond acceptors (Lipinski definition) is 7. The normalized spacial score (nSPS) is 13.6. The molecule has 0 radical (unpaired) electrons. The zero-order chi connectivity index (χ0) is 19.4. The largest absolute Gasteiger partial charge is 0.454 e. The number of Topliss-reactive ketones (excluding diaryl/α,β-unsaturated/α-hetero) is 1. The van der Waals surface area contributed by atoms with Crippen molar-refractivity contribution in [3.05, 3.63) is 55.8 Å². The predicted octanol–water partition coefficient (Wildman–Crippen LogP) is 3.86. The molecular weight excluding hydrogens is 368 g/mol. The number of hydrogen-bond donors (Lipinski definition) is 0. The van der Waals surface area contributed by atoms with Gasteiger partial charge < -0.3 is 9.64 Å². The van der Waals surface area contributed by atoms with Crippen LogP contribution in [0.2, 0.25) is 0 Å². The number of nitrogens with zero attached hydrogens (tertiary/aromatic N) is 2. The fourth-order valence-corrected chi connectivity index (χ4v) is 3.90.